The van der Waals surface area contributed by atoms with Crippen LogP contribution in [0.5, 0.6) is 0 Å². The second kappa shape index (κ2) is 9.84. The first-order valence-electron chi connectivity index (χ1n) is 16.4. The maximum Gasteiger partial charge on any atom is 0.329 e. The highest BCUT2D eigenvalue weighted by molar-refractivity contribution is 5.73. The zero-order valence-corrected chi connectivity index (χ0v) is 24.9. The lowest BCUT2D eigenvalue weighted by molar-refractivity contribution is -0.273. The minimum atomic E-state index is -0.310. The summed E-state index contributed by atoms with van der Waals surface area (Å²) in [6, 6.07) is 0.262. The number of rotatable bonds is 2. The lowest BCUT2D eigenvalue weighted by Crippen LogP contribution is -2.58. The molecular weight excluding hydrogens is 490 g/mol. The molecule has 0 aromatic rings. The molecule has 4 aliphatic carbocycles. The normalized spacial score (nSPS) is 53.4. The van der Waals surface area contributed by atoms with E-state index in [9.17, 15) is 4.79 Å². The van der Waals surface area contributed by atoms with Crippen LogP contribution in [0, 0.1) is 52.3 Å². The van der Waals surface area contributed by atoms with Crippen LogP contribution in [0.4, 0.5) is 4.79 Å². The number of hydrogen-bond donors (Lipinski definition) is 2. The molecule has 7 fully saturated rings. The van der Waals surface area contributed by atoms with E-state index in [-0.39, 0.29) is 11.8 Å². The van der Waals surface area contributed by atoms with Gasteiger partial charge in [-0.05, 0) is 104 Å². The zero-order valence-electron chi connectivity index (χ0n) is 24.9. The van der Waals surface area contributed by atoms with Gasteiger partial charge in [0.15, 0.2) is 5.79 Å². The van der Waals surface area contributed by atoms with Crippen molar-refractivity contribution in [2.45, 2.75) is 110 Å². The van der Waals surface area contributed by atoms with Crippen molar-refractivity contribution in [2.75, 3.05) is 32.9 Å². The second-order valence-corrected chi connectivity index (χ2v) is 15.3. The summed E-state index contributed by atoms with van der Waals surface area (Å²) >= 11 is 0. The van der Waals surface area contributed by atoms with Crippen molar-refractivity contribution in [3.8, 4) is 0 Å². The lowest BCUT2D eigenvalue weighted by atomic mass is 9.44. The number of carbonyl (C=O) groups excluding carboxylic acids is 1. The number of hydrazine groups is 1. The Balaban J connectivity index is 1.00. The molecule has 0 radical (unpaired) electrons. The Kier molecular flexibility index (Phi) is 6.81. The topological polar surface area (TPSA) is 72.1 Å². The van der Waals surface area contributed by atoms with Gasteiger partial charge >= 0.3 is 6.03 Å². The Bertz CT molecular complexity index is 932. The van der Waals surface area contributed by atoms with Crippen molar-refractivity contribution in [2.24, 2.45) is 52.3 Å². The fourth-order valence-corrected chi connectivity index (χ4v) is 11.4. The van der Waals surface area contributed by atoms with E-state index < -0.39 is 0 Å². The average molecular weight is 544 g/mol. The minimum Gasteiger partial charge on any atom is -0.379 e. The van der Waals surface area contributed by atoms with Crippen molar-refractivity contribution < 1.29 is 19.0 Å². The van der Waals surface area contributed by atoms with Crippen LogP contribution < -0.4 is 10.7 Å². The Morgan fingerprint density at radius 3 is 2.46 bits per heavy atom. The van der Waals surface area contributed by atoms with Crippen LogP contribution in [0.1, 0.15) is 91.9 Å². The van der Waals surface area contributed by atoms with Crippen molar-refractivity contribution in [3.63, 3.8) is 0 Å². The molecule has 2 N–H and O–H groups in total. The molecule has 39 heavy (non-hydrogen) atoms. The molecule has 0 aromatic heterocycles. The van der Waals surface area contributed by atoms with Crippen LogP contribution in [-0.4, -0.2) is 61.9 Å². The molecule has 0 unspecified atom stereocenters. The van der Waals surface area contributed by atoms with E-state index in [1.165, 1.54) is 44.9 Å². The van der Waals surface area contributed by atoms with Gasteiger partial charge in [-0.1, -0.05) is 27.7 Å². The number of hydrogen-bond acceptors (Lipinski definition) is 5. The van der Waals surface area contributed by atoms with Gasteiger partial charge in [0.25, 0.3) is 0 Å². The monoisotopic (exact) mass is 543 g/mol. The van der Waals surface area contributed by atoms with Gasteiger partial charge in [-0.25, -0.2) is 9.80 Å². The third-order valence-electron chi connectivity index (χ3n) is 13.5. The zero-order chi connectivity index (χ0) is 27.0. The van der Waals surface area contributed by atoms with E-state index in [1.807, 2.05) is 5.01 Å². The number of nitrogens with one attached hydrogen (secondary N) is 2. The Morgan fingerprint density at radius 2 is 1.69 bits per heavy atom. The Morgan fingerprint density at radius 1 is 0.897 bits per heavy atom. The molecule has 3 aliphatic heterocycles. The third-order valence-corrected chi connectivity index (χ3v) is 13.5. The van der Waals surface area contributed by atoms with Crippen molar-refractivity contribution in [1.29, 1.82) is 0 Å². The van der Waals surface area contributed by atoms with Crippen molar-refractivity contribution in [1.82, 2.24) is 15.8 Å². The third kappa shape index (κ3) is 4.30. The summed E-state index contributed by atoms with van der Waals surface area (Å²) in [6.07, 6.45) is 12.9. The summed E-state index contributed by atoms with van der Waals surface area (Å²) in [5.74, 6) is 4.67. The van der Waals surface area contributed by atoms with Gasteiger partial charge in [0.05, 0.1) is 25.9 Å². The molecule has 0 bridgehead atoms. The van der Waals surface area contributed by atoms with Crippen LogP contribution in [0.2, 0.25) is 0 Å². The molecule has 7 heteroatoms. The highest BCUT2D eigenvalue weighted by Crippen LogP contribution is 2.71. The maximum absolute atomic E-state index is 12.7. The molecule has 12 atom stereocenters. The van der Waals surface area contributed by atoms with Crippen LogP contribution in [-0.2, 0) is 14.2 Å². The smallest absolute Gasteiger partial charge is 0.329 e. The van der Waals surface area contributed by atoms with Crippen LogP contribution >= 0.6 is 0 Å². The lowest BCUT2D eigenvalue weighted by Gasteiger charge is -2.61. The molecule has 7 rings (SSSR count). The van der Waals surface area contributed by atoms with E-state index in [4.69, 9.17) is 14.2 Å². The van der Waals surface area contributed by atoms with Gasteiger partial charge in [0, 0.05) is 31.5 Å². The van der Waals surface area contributed by atoms with Gasteiger partial charge in [0.2, 0.25) is 0 Å². The molecule has 7 nitrogen and oxygen atoms in total. The van der Waals surface area contributed by atoms with Crippen LogP contribution in [0.3, 0.4) is 0 Å². The van der Waals surface area contributed by atoms with E-state index in [0.29, 0.717) is 53.9 Å². The van der Waals surface area contributed by atoms with E-state index >= 15 is 0 Å². The molecular formula is C32H53N3O4. The van der Waals surface area contributed by atoms with Crippen LogP contribution in [0.15, 0.2) is 0 Å². The minimum absolute atomic E-state index is 0.0339. The number of amides is 2. The first-order valence-corrected chi connectivity index (χ1v) is 16.4. The Hall–Kier alpha value is -0.890. The predicted molar refractivity (Wildman–Crippen MR) is 150 cm³/mol. The van der Waals surface area contributed by atoms with Crippen molar-refractivity contribution in [3.05, 3.63) is 0 Å². The summed E-state index contributed by atoms with van der Waals surface area (Å²) in [4.78, 5) is 12.7. The summed E-state index contributed by atoms with van der Waals surface area (Å²) in [6.45, 7) is 13.8. The summed E-state index contributed by atoms with van der Waals surface area (Å²) in [7, 11) is 0. The fraction of sp³-hybridized carbons (Fsp3) is 0.969. The molecule has 2 amide bonds. The van der Waals surface area contributed by atoms with E-state index in [0.717, 1.165) is 62.6 Å². The number of urea groups is 1. The standard InChI is InChI=1S/C32H53N3O4/c1-20-7-12-32(38-19-20)21(2)28-27(39-32)18-26-24-6-5-22-17-23(33-29(36)34-35-13-15-37-16-14-35)8-10-30(22,3)25(24)9-11-31(26,28)4/h20-28H,5-19H2,1-4H3,(H2,33,34,36)/t20-,21-,22+,23-,24+,25-,26-,27-,28-,30-,31-,32+/m0/s1. The summed E-state index contributed by atoms with van der Waals surface area (Å²) in [5, 5.41) is 5.32. The second-order valence-electron chi connectivity index (χ2n) is 15.3. The molecule has 1 spiro atoms. The first kappa shape index (κ1) is 27.0. The molecule has 0 aromatic carbocycles. The maximum atomic E-state index is 12.7. The van der Waals surface area contributed by atoms with Crippen LogP contribution in [0.25, 0.3) is 0 Å². The molecule has 3 heterocycles. The SMILES string of the molecule is C[C@H]1CC[C@@]2(OC1)O[C@H]1C[C@H]3[C@@H]4CC[C@@H]5C[C@@H](NC(=O)NN6CCOCC6)CC[C@]5(C)[C@H]4CC[C@]3(C)[C@H]1[C@@H]2C. The van der Waals surface area contributed by atoms with E-state index in [1.54, 1.807) is 0 Å². The highest BCUT2D eigenvalue weighted by Gasteiger charge is 2.69. The van der Waals surface area contributed by atoms with Gasteiger partial charge in [-0.15, -0.1) is 0 Å². The Labute approximate surface area is 235 Å². The molecule has 220 valence electrons. The van der Waals surface area contributed by atoms with E-state index in [2.05, 4.69) is 38.4 Å². The van der Waals surface area contributed by atoms with Gasteiger partial charge in [0.1, 0.15) is 0 Å². The highest BCUT2D eigenvalue weighted by atomic mass is 16.7. The predicted octanol–water partition coefficient (Wildman–Crippen LogP) is 5.35. The number of morpholine rings is 1. The summed E-state index contributed by atoms with van der Waals surface area (Å²) < 4.78 is 18.9. The number of carbonyl (C=O) groups is 1. The quantitative estimate of drug-likeness (QED) is 0.491. The van der Waals surface area contributed by atoms with Crippen molar-refractivity contribution >= 4 is 6.03 Å². The van der Waals surface area contributed by atoms with Gasteiger partial charge in [-0.3, -0.25) is 5.43 Å². The number of ether oxygens (including phenoxy) is 3. The first-order chi connectivity index (χ1) is 18.7. The molecule has 3 saturated heterocycles. The summed E-state index contributed by atoms with van der Waals surface area (Å²) in [5.41, 5.74) is 3.85. The largest absolute Gasteiger partial charge is 0.379 e. The van der Waals surface area contributed by atoms with Gasteiger partial charge in [-0.2, -0.15) is 0 Å². The van der Waals surface area contributed by atoms with Gasteiger partial charge < -0.3 is 19.5 Å². The average Bonchev–Trinajstić information content (AvgIpc) is 3.36. The number of fused-ring (bicyclic) bond motifs is 7. The molecule has 4 saturated carbocycles. The fourth-order valence-electron chi connectivity index (χ4n) is 11.4. The number of nitrogens with zero attached hydrogens (tertiary/aromatic N) is 1. The molecule has 7 aliphatic rings.